The van der Waals surface area contributed by atoms with Crippen LogP contribution in [0.3, 0.4) is 0 Å². The van der Waals surface area contributed by atoms with Gasteiger partial charge in [0.2, 0.25) is 0 Å². The molecule has 7 heteroatoms. The lowest BCUT2D eigenvalue weighted by Gasteiger charge is -2.28. The lowest BCUT2D eigenvalue weighted by Crippen LogP contribution is -2.40. The highest BCUT2D eigenvalue weighted by Gasteiger charge is 2.26. The number of amides is 2. The largest absolute Gasteiger partial charge is 0.446 e. The molecule has 0 atom stereocenters. The Bertz CT molecular complexity index is 523. The van der Waals surface area contributed by atoms with E-state index in [9.17, 15) is 18.4 Å². The molecule has 0 heterocycles. The quantitative estimate of drug-likeness (QED) is 0.896. The smallest absolute Gasteiger partial charge is 0.404 e. The van der Waals surface area contributed by atoms with Gasteiger partial charge in [-0.2, -0.15) is 0 Å². The van der Waals surface area contributed by atoms with Crippen molar-refractivity contribution in [3.05, 3.63) is 35.4 Å². The molecule has 2 amide bonds. The Labute approximate surface area is 120 Å². The first-order valence-electron chi connectivity index (χ1n) is 6.68. The van der Waals surface area contributed by atoms with E-state index >= 15 is 0 Å². The molecule has 5 nitrogen and oxygen atoms in total. The molecule has 1 aliphatic carbocycles. The summed E-state index contributed by atoms with van der Waals surface area (Å²) in [6.07, 6.45) is 1.12. The lowest BCUT2D eigenvalue weighted by atomic mass is 9.92. The molecule has 3 N–H and O–H groups in total. The Morgan fingerprint density at radius 2 is 1.71 bits per heavy atom. The van der Waals surface area contributed by atoms with Crippen LogP contribution in [0.25, 0.3) is 0 Å². The molecule has 1 aromatic rings. The molecule has 2 rings (SSSR count). The number of carbonyl (C=O) groups excluding carboxylic acids is 2. The zero-order valence-corrected chi connectivity index (χ0v) is 11.3. The van der Waals surface area contributed by atoms with Crippen molar-refractivity contribution in [2.75, 3.05) is 0 Å². The van der Waals surface area contributed by atoms with Crippen LogP contribution >= 0.6 is 0 Å². The first-order chi connectivity index (χ1) is 9.97. The third-order valence-electron chi connectivity index (χ3n) is 3.48. The van der Waals surface area contributed by atoms with Crippen molar-refractivity contribution in [2.24, 2.45) is 5.73 Å². The molecule has 21 heavy (non-hydrogen) atoms. The Balaban J connectivity index is 1.92. The van der Waals surface area contributed by atoms with Crippen molar-refractivity contribution < 1.29 is 23.1 Å². The maximum Gasteiger partial charge on any atom is 0.404 e. The molecule has 0 aromatic heterocycles. The highest BCUT2D eigenvalue weighted by molar-refractivity contribution is 5.94. The molecule has 0 unspecified atom stereocenters. The number of ether oxygens (including phenoxy) is 1. The van der Waals surface area contributed by atoms with E-state index in [1.165, 1.54) is 6.07 Å². The molecule has 114 valence electrons. The number of rotatable bonds is 3. The third-order valence-corrected chi connectivity index (χ3v) is 3.48. The monoisotopic (exact) mass is 298 g/mol. The fourth-order valence-corrected chi connectivity index (χ4v) is 2.46. The standard InChI is InChI=1S/C14H16F2N2O3/c15-10-2-1-3-11(16)12(10)13(19)18-8-4-6-9(7-5-8)21-14(17)20/h1-3,8-9H,4-7H2,(H2,17,20)(H,18,19). The molecule has 0 saturated heterocycles. The SMILES string of the molecule is NC(=O)OC1CCC(NC(=O)c2c(F)cccc2F)CC1. The van der Waals surface area contributed by atoms with Gasteiger partial charge in [-0.15, -0.1) is 0 Å². The van der Waals surface area contributed by atoms with Crippen LogP contribution in [0, 0.1) is 11.6 Å². The predicted octanol–water partition coefficient (Wildman–Crippen LogP) is 2.10. The van der Waals surface area contributed by atoms with E-state index in [-0.39, 0.29) is 12.1 Å². The molecule has 0 radical (unpaired) electrons. The summed E-state index contributed by atoms with van der Waals surface area (Å²) in [6, 6.07) is 3.07. The van der Waals surface area contributed by atoms with Crippen LogP contribution in [0.15, 0.2) is 18.2 Å². The highest BCUT2D eigenvalue weighted by atomic mass is 19.1. The second kappa shape index (κ2) is 6.51. The zero-order valence-electron chi connectivity index (χ0n) is 11.3. The minimum atomic E-state index is -0.891. The van der Waals surface area contributed by atoms with E-state index < -0.39 is 29.2 Å². The van der Waals surface area contributed by atoms with Gasteiger partial charge >= 0.3 is 6.09 Å². The van der Waals surface area contributed by atoms with Gasteiger partial charge in [-0.1, -0.05) is 6.07 Å². The Morgan fingerprint density at radius 3 is 2.24 bits per heavy atom. The fourth-order valence-electron chi connectivity index (χ4n) is 2.46. The number of nitrogens with two attached hydrogens (primary N) is 1. The summed E-state index contributed by atoms with van der Waals surface area (Å²) in [4.78, 5) is 22.6. The number of nitrogens with one attached hydrogen (secondary N) is 1. The van der Waals surface area contributed by atoms with E-state index in [0.717, 1.165) is 12.1 Å². The van der Waals surface area contributed by atoms with Gasteiger partial charge in [0.25, 0.3) is 5.91 Å². The van der Waals surface area contributed by atoms with Crippen LogP contribution in [0.1, 0.15) is 36.0 Å². The van der Waals surface area contributed by atoms with Crippen molar-refractivity contribution in [3.8, 4) is 0 Å². The molecular weight excluding hydrogens is 282 g/mol. The van der Waals surface area contributed by atoms with E-state index in [0.29, 0.717) is 25.7 Å². The first-order valence-corrected chi connectivity index (χ1v) is 6.68. The number of carbonyl (C=O) groups is 2. The number of benzene rings is 1. The number of hydrogen-bond acceptors (Lipinski definition) is 3. The summed E-state index contributed by atoms with van der Waals surface area (Å²) in [5, 5.41) is 2.60. The third kappa shape index (κ3) is 3.90. The summed E-state index contributed by atoms with van der Waals surface area (Å²) in [6.45, 7) is 0. The van der Waals surface area contributed by atoms with Crippen LogP contribution in [0.2, 0.25) is 0 Å². The summed E-state index contributed by atoms with van der Waals surface area (Å²) in [5.41, 5.74) is 4.36. The van der Waals surface area contributed by atoms with Gasteiger partial charge in [-0.05, 0) is 37.8 Å². The number of hydrogen-bond donors (Lipinski definition) is 2. The second-order valence-electron chi connectivity index (χ2n) is 4.98. The van der Waals surface area contributed by atoms with Crippen molar-refractivity contribution in [2.45, 2.75) is 37.8 Å². The second-order valence-corrected chi connectivity index (χ2v) is 4.98. The summed E-state index contributed by atoms with van der Waals surface area (Å²) in [7, 11) is 0. The summed E-state index contributed by atoms with van der Waals surface area (Å²) in [5.74, 6) is -2.55. The normalized spacial score (nSPS) is 21.6. The van der Waals surface area contributed by atoms with Crippen LogP contribution in [-0.2, 0) is 4.74 Å². The van der Waals surface area contributed by atoms with Crippen molar-refractivity contribution in [1.82, 2.24) is 5.32 Å². The molecular formula is C14H16F2N2O3. The van der Waals surface area contributed by atoms with Crippen molar-refractivity contribution in [3.63, 3.8) is 0 Å². The lowest BCUT2D eigenvalue weighted by molar-refractivity contribution is 0.0708. The van der Waals surface area contributed by atoms with E-state index in [1.54, 1.807) is 0 Å². The Kier molecular flexibility index (Phi) is 4.72. The molecule has 1 aliphatic rings. The van der Waals surface area contributed by atoms with Gasteiger partial charge in [0.05, 0.1) is 0 Å². The van der Waals surface area contributed by atoms with Crippen LogP contribution in [0.4, 0.5) is 13.6 Å². The van der Waals surface area contributed by atoms with E-state index in [4.69, 9.17) is 10.5 Å². The average Bonchev–Trinajstić information content (AvgIpc) is 2.40. The Hall–Kier alpha value is -2.18. The van der Waals surface area contributed by atoms with Crippen molar-refractivity contribution in [1.29, 1.82) is 0 Å². The minimum Gasteiger partial charge on any atom is -0.446 e. The average molecular weight is 298 g/mol. The first kappa shape index (κ1) is 15.2. The zero-order chi connectivity index (χ0) is 15.4. The maximum absolute atomic E-state index is 13.5. The molecule has 1 fully saturated rings. The van der Waals surface area contributed by atoms with Gasteiger partial charge in [0.15, 0.2) is 0 Å². The molecule has 0 spiro atoms. The molecule has 1 aromatic carbocycles. The number of halogens is 2. The van der Waals surface area contributed by atoms with Crippen LogP contribution < -0.4 is 11.1 Å². The van der Waals surface area contributed by atoms with Crippen LogP contribution in [0.5, 0.6) is 0 Å². The number of primary amides is 1. The molecule has 0 aliphatic heterocycles. The van der Waals surface area contributed by atoms with Gasteiger partial charge in [-0.3, -0.25) is 4.79 Å². The highest BCUT2D eigenvalue weighted by Crippen LogP contribution is 2.22. The van der Waals surface area contributed by atoms with E-state index in [1.807, 2.05) is 0 Å². The van der Waals surface area contributed by atoms with Gasteiger partial charge in [-0.25, -0.2) is 13.6 Å². The van der Waals surface area contributed by atoms with Crippen LogP contribution in [-0.4, -0.2) is 24.1 Å². The molecule has 1 saturated carbocycles. The fraction of sp³-hybridized carbons (Fsp3) is 0.429. The van der Waals surface area contributed by atoms with Crippen molar-refractivity contribution >= 4 is 12.0 Å². The summed E-state index contributed by atoms with van der Waals surface area (Å²) >= 11 is 0. The van der Waals surface area contributed by atoms with Gasteiger partial charge in [0, 0.05) is 6.04 Å². The van der Waals surface area contributed by atoms with E-state index in [2.05, 4.69) is 5.32 Å². The molecule has 0 bridgehead atoms. The minimum absolute atomic E-state index is 0.204. The Morgan fingerprint density at radius 1 is 1.14 bits per heavy atom. The van der Waals surface area contributed by atoms with Gasteiger partial charge in [0.1, 0.15) is 23.3 Å². The predicted molar refractivity (Wildman–Crippen MR) is 70.5 cm³/mol. The van der Waals surface area contributed by atoms with Gasteiger partial charge < -0.3 is 15.8 Å². The topological polar surface area (TPSA) is 81.4 Å². The maximum atomic E-state index is 13.5. The summed E-state index contributed by atoms with van der Waals surface area (Å²) < 4.78 is 31.9.